The van der Waals surface area contributed by atoms with Gasteiger partial charge >= 0.3 is 0 Å². The first kappa shape index (κ1) is 13.2. The maximum absolute atomic E-state index is 6.12. The predicted octanol–water partition coefficient (Wildman–Crippen LogP) is 3.88. The van der Waals surface area contributed by atoms with Crippen molar-refractivity contribution in [3.05, 3.63) is 52.4 Å². The van der Waals surface area contributed by atoms with Crippen LogP contribution in [0.2, 0.25) is 0 Å². The van der Waals surface area contributed by atoms with Crippen LogP contribution < -0.4 is 10.5 Å². The number of benzene rings is 1. The molecule has 1 aromatic carbocycles. The zero-order valence-electron chi connectivity index (χ0n) is 10.2. The van der Waals surface area contributed by atoms with Gasteiger partial charge in [-0.05, 0) is 52.2 Å². The van der Waals surface area contributed by atoms with Crippen molar-refractivity contribution in [3.8, 4) is 5.75 Å². The van der Waals surface area contributed by atoms with Crippen LogP contribution in [-0.4, -0.2) is 6.61 Å². The summed E-state index contributed by atoms with van der Waals surface area (Å²) in [6, 6.07) is 11.3. The average molecular weight is 310 g/mol. The van der Waals surface area contributed by atoms with E-state index in [4.69, 9.17) is 14.9 Å². The first-order valence-electron chi connectivity index (χ1n) is 5.94. The molecule has 2 aromatic rings. The van der Waals surface area contributed by atoms with Gasteiger partial charge < -0.3 is 14.9 Å². The van der Waals surface area contributed by atoms with Crippen LogP contribution in [-0.2, 0) is 0 Å². The van der Waals surface area contributed by atoms with Gasteiger partial charge in [0.15, 0.2) is 4.67 Å². The fraction of sp³-hybridized carbons (Fsp3) is 0.286. The smallest absolute Gasteiger partial charge is 0.169 e. The monoisotopic (exact) mass is 309 g/mol. The zero-order valence-corrected chi connectivity index (χ0v) is 11.8. The van der Waals surface area contributed by atoms with Crippen molar-refractivity contribution in [1.82, 2.24) is 0 Å². The van der Waals surface area contributed by atoms with Crippen molar-refractivity contribution in [2.45, 2.75) is 19.4 Å². The maximum Gasteiger partial charge on any atom is 0.169 e. The van der Waals surface area contributed by atoms with Crippen molar-refractivity contribution in [2.75, 3.05) is 6.61 Å². The number of halogens is 1. The Balaban J connectivity index is 2.09. The number of hydrogen-bond donors (Lipinski definition) is 1. The Labute approximate surface area is 115 Å². The van der Waals surface area contributed by atoms with Crippen molar-refractivity contribution >= 4 is 15.9 Å². The van der Waals surface area contributed by atoms with Crippen LogP contribution in [0.3, 0.4) is 0 Å². The Morgan fingerprint density at radius 3 is 2.50 bits per heavy atom. The van der Waals surface area contributed by atoms with Crippen LogP contribution in [0.5, 0.6) is 5.75 Å². The molecular formula is C14H16BrNO2. The molecule has 2 rings (SSSR count). The molecule has 1 unspecified atom stereocenters. The highest BCUT2D eigenvalue weighted by atomic mass is 79.9. The number of rotatable bonds is 5. The lowest BCUT2D eigenvalue weighted by atomic mass is 10.1. The maximum atomic E-state index is 6.12. The molecule has 0 amide bonds. The van der Waals surface area contributed by atoms with E-state index in [1.165, 1.54) is 0 Å². The zero-order chi connectivity index (χ0) is 13.0. The van der Waals surface area contributed by atoms with Gasteiger partial charge in [0, 0.05) is 0 Å². The third-order valence-corrected chi connectivity index (χ3v) is 3.04. The first-order valence-corrected chi connectivity index (χ1v) is 6.73. The van der Waals surface area contributed by atoms with Gasteiger partial charge in [0.2, 0.25) is 0 Å². The van der Waals surface area contributed by atoms with E-state index in [-0.39, 0.29) is 6.04 Å². The van der Waals surface area contributed by atoms with Crippen LogP contribution >= 0.6 is 15.9 Å². The van der Waals surface area contributed by atoms with E-state index >= 15 is 0 Å². The van der Waals surface area contributed by atoms with Crippen molar-refractivity contribution in [1.29, 1.82) is 0 Å². The molecule has 0 aliphatic rings. The van der Waals surface area contributed by atoms with E-state index in [0.29, 0.717) is 4.67 Å². The number of hydrogen-bond acceptors (Lipinski definition) is 3. The molecule has 0 saturated carbocycles. The van der Waals surface area contributed by atoms with E-state index in [2.05, 4.69) is 22.9 Å². The normalized spacial score (nSPS) is 12.4. The highest BCUT2D eigenvalue weighted by Crippen LogP contribution is 2.25. The number of ether oxygens (including phenoxy) is 1. The van der Waals surface area contributed by atoms with Crippen LogP contribution in [0.4, 0.5) is 0 Å². The summed E-state index contributed by atoms with van der Waals surface area (Å²) in [6.45, 7) is 2.82. The van der Waals surface area contributed by atoms with Crippen LogP contribution in [0.1, 0.15) is 30.7 Å². The highest BCUT2D eigenvalue weighted by Gasteiger charge is 2.12. The molecule has 1 aromatic heterocycles. The van der Waals surface area contributed by atoms with E-state index in [1.807, 2.05) is 36.4 Å². The van der Waals surface area contributed by atoms with E-state index in [1.54, 1.807) is 0 Å². The van der Waals surface area contributed by atoms with Crippen LogP contribution in [0.15, 0.2) is 45.5 Å². The Kier molecular flexibility index (Phi) is 4.44. The predicted molar refractivity (Wildman–Crippen MR) is 74.7 cm³/mol. The van der Waals surface area contributed by atoms with Crippen molar-refractivity contribution in [2.24, 2.45) is 5.73 Å². The second-order valence-electron chi connectivity index (χ2n) is 4.04. The van der Waals surface area contributed by atoms with E-state index < -0.39 is 0 Å². The summed E-state index contributed by atoms with van der Waals surface area (Å²) in [5, 5.41) is 0. The summed E-state index contributed by atoms with van der Waals surface area (Å²) in [6.07, 6.45) is 1.00. The minimum Gasteiger partial charge on any atom is -0.494 e. The molecule has 18 heavy (non-hydrogen) atoms. The van der Waals surface area contributed by atoms with E-state index in [0.717, 1.165) is 30.1 Å². The molecule has 0 saturated heterocycles. The van der Waals surface area contributed by atoms with Crippen LogP contribution in [0.25, 0.3) is 0 Å². The van der Waals surface area contributed by atoms with Gasteiger partial charge in [0.05, 0.1) is 12.6 Å². The second-order valence-corrected chi connectivity index (χ2v) is 4.82. The lowest BCUT2D eigenvalue weighted by Crippen LogP contribution is -2.10. The fourth-order valence-corrected chi connectivity index (χ4v) is 1.97. The molecule has 4 heteroatoms. The Morgan fingerprint density at radius 1 is 1.22 bits per heavy atom. The third-order valence-electron chi connectivity index (χ3n) is 2.61. The van der Waals surface area contributed by atoms with E-state index in [9.17, 15) is 0 Å². The number of nitrogens with two attached hydrogens (primary N) is 1. The molecule has 0 radical (unpaired) electrons. The van der Waals surface area contributed by atoms with Gasteiger partial charge in [-0.15, -0.1) is 0 Å². The molecule has 96 valence electrons. The molecule has 0 fully saturated rings. The van der Waals surface area contributed by atoms with Crippen molar-refractivity contribution in [3.63, 3.8) is 0 Å². The highest BCUT2D eigenvalue weighted by molar-refractivity contribution is 9.10. The molecule has 0 aliphatic heterocycles. The number of furan rings is 1. The standard InChI is InChI=1S/C14H16BrNO2/c1-2-9-17-11-5-3-10(4-6-11)14(16)12-7-8-13(15)18-12/h3-8,14H,2,9,16H2,1H3. The van der Waals surface area contributed by atoms with Gasteiger partial charge in [0.1, 0.15) is 11.5 Å². The van der Waals surface area contributed by atoms with Gasteiger partial charge in [-0.1, -0.05) is 19.1 Å². The summed E-state index contributed by atoms with van der Waals surface area (Å²) in [5.74, 6) is 1.61. The Bertz CT molecular complexity index is 493. The lowest BCUT2D eigenvalue weighted by Gasteiger charge is -2.10. The molecule has 3 nitrogen and oxygen atoms in total. The molecule has 1 atom stereocenters. The minimum atomic E-state index is -0.253. The minimum absolute atomic E-state index is 0.253. The lowest BCUT2D eigenvalue weighted by molar-refractivity contribution is 0.317. The van der Waals surface area contributed by atoms with Gasteiger partial charge in [0.25, 0.3) is 0 Å². The van der Waals surface area contributed by atoms with Gasteiger partial charge in [-0.25, -0.2) is 0 Å². The van der Waals surface area contributed by atoms with Gasteiger partial charge in [-0.2, -0.15) is 0 Å². The average Bonchev–Trinajstić information content (AvgIpc) is 2.83. The quantitative estimate of drug-likeness (QED) is 0.911. The van der Waals surface area contributed by atoms with Crippen LogP contribution in [0, 0.1) is 0 Å². The topological polar surface area (TPSA) is 48.4 Å². The molecule has 0 bridgehead atoms. The summed E-state index contributed by atoms with van der Waals surface area (Å²) in [4.78, 5) is 0. The fourth-order valence-electron chi connectivity index (χ4n) is 1.65. The second kappa shape index (κ2) is 6.07. The SMILES string of the molecule is CCCOc1ccc(C(N)c2ccc(Br)o2)cc1. The largest absolute Gasteiger partial charge is 0.494 e. The molecular weight excluding hydrogens is 294 g/mol. The summed E-state index contributed by atoms with van der Waals surface area (Å²) >= 11 is 3.27. The molecule has 0 spiro atoms. The summed E-state index contributed by atoms with van der Waals surface area (Å²) in [5.41, 5.74) is 7.13. The first-order chi connectivity index (χ1) is 8.70. The molecule has 2 N–H and O–H groups in total. The van der Waals surface area contributed by atoms with Gasteiger partial charge in [-0.3, -0.25) is 0 Å². The Morgan fingerprint density at radius 2 is 1.94 bits per heavy atom. The third kappa shape index (κ3) is 3.15. The molecule has 1 heterocycles. The van der Waals surface area contributed by atoms with Crippen molar-refractivity contribution < 1.29 is 9.15 Å². The molecule has 0 aliphatic carbocycles. The summed E-state index contributed by atoms with van der Waals surface area (Å²) < 4.78 is 11.7. The summed E-state index contributed by atoms with van der Waals surface area (Å²) in [7, 11) is 0. The Hall–Kier alpha value is -1.26.